The van der Waals surface area contributed by atoms with Crippen LogP contribution in [0.1, 0.15) is 40.9 Å². The van der Waals surface area contributed by atoms with E-state index in [0.29, 0.717) is 17.2 Å². The first-order valence-electron chi connectivity index (χ1n) is 9.57. The zero-order valence-electron chi connectivity index (χ0n) is 17.4. The van der Waals surface area contributed by atoms with Crippen LogP contribution < -0.4 is 15.4 Å². The van der Waals surface area contributed by atoms with Crippen molar-refractivity contribution in [1.82, 2.24) is 9.97 Å². The van der Waals surface area contributed by atoms with Gasteiger partial charge in [-0.05, 0) is 70.0 Å². The Labute approximate surface area is 171 Å². The van der Waals surface area contributed by atoms with Gasteiger partial charge in [-0.25, -0.2) is 9.97 Å². The molecule has 150 valence electrons. The molecule has 6 heteroatoms. The molecular formula is C23H26N4O2. The van der Waals surface area contributed by atoms with Gasteiger partial charge in [0.1, 0.15) is 5.75 Å². The maximum absolute atomic E-state index is 12.4. The van der Waals surface area contributed by atoms with Crippen LogP contribution in [0.4, 0.5) is 17.3 Å². The average molecular weight is 390 g/mol. The summed E-state index contributed by atoms with van der Waals surface area (Å²) in [4.78, 5) is 21.0. The molecule has 3 aromatic rings. The number of hydrogen-bond acceptors (Lipinski definition) is 5. The fraction of sp³-hybridized carbons (Fsp3) is 0.261. The van der Waals surface area contributed by atoms with Crippen LogP contribution in [0.5, 0.6) is 5.75 Å². The normalized spacial score (nSPS) is 10.7. The summed E-state index contributed by atoms with van der Waals surface area (Å²) < 4.78 is 5.60. The Morgan fingerprint density at radius 1 is 0.966 bits per heavy atom. The van der Waals surface area contributed by atoms with Crippen molar-refractivity contribution in [3.63, 3.8) is 0 Å². The number of rotatable bonds is 6. The number of benzene rings is 2. The molecule has 0 aliphatic heterocycles. The summed E-state index contributed by atoms with van der Waals surface area (Å²) in [7, 11) is 0. The number of amides is 1. The molecule has 6 nitrogen and oxygen atoms in total. The van der Waals surface area contributed by atoms with Crippen LogP contribution >= 0.6 is 0 Å². The van der Waals surface area contributed by atoms with Gasteiger partial charge in [-0.15, -0.1) is 0 Å². The second-order valence-corrected chi connectivity index (χ2v) is 7.34. The molecule has 29 heavy (non-hydrogen) atoms. The first kappa shape index (κ1) is 20.3. The van der Waals surface area contributed by atoms with Crippen LogP contribution in [0.3, 0.4) is 0 Å². The Balaban J connectivity index is 1.66. The van der Waals surface area contributed by atoms with Crippen molar-refractivity contribution in [2.45, 2.75) is 40.7 Å². The number of carbonyl (C=O) groups is 1. The highest BCUT2D eigenvalue weighted by Crippen LogP contribution is 2.24. The van der Waals surface area contributed by atoms with E-state index in [1.807, 2.05) is 39.8 Å². The molecule has 0 saturated heterocycles. The topological polar surface area (TPSA) is 76.1 Å². The molecule has 0 bridgehead atoms. The van der Waals surface area contributed by atoms with Gasteiger partial charge in [-0.3, -0.25) is 4.79 Å². The first-order valence-corrected chi connectivity index (χ1v) is 9.57. The van der Waals surface area contributed by atoms with E-state index in [-0.39, 0.29) is 12.0 Å². The summed E-state index contributed by atoms with van der Waals surface area (Å²) in [5.41, 5.74) is 5.50. The zero-order chi connectivity index (χ0) is 21.0. The monoisotopic (exact) mass is 390 g/mol. The van der Waals surface area contributed by atoms with E-state index in [1.165, 1.54) is 18.0 Å². The lowest BCUT2D eigenvalue weighted by Crippen LogP contribution is -2.13. The minimum Gasteiger partial charge on any atom is -0.491 e. The summed E-state index contributed by atoms with van der Waals surface area (Å²) in [6, 6.07) is 11.5. The van der Waals surface area contributed by atoms with Gasteiger partial charge in [0.25, 0.3) is 5.91 Å². The van der Waals surface area contributed by atoms with Crippen molar-refractivity contribution in [1.29, 1.82) is 0 Å². The fourth-order valence-corrected chi connectivity index (χ4v) is 3.09. The molecule has 0 aliphatic rings. The van der Waals surface area contributed by atoms with Gasteiger partial charge < -0.3 is 15.4 Å². The summed E-state index contributed by atoms with van der Waals surface area (Å²) in [6.45, 7) is 10.1. The Hall–Kier alpha value is -3.41. The fourth-order valence-electron chi connectivity index (χ4n) is 3.09. The summed E-state index contributed by atoms with van der Waals surface area (Å²) in [6.07, 6.45) is 3.13. The summed E-state index contributed by atoms with van der Waals surface area (Å²) >= 11 is 0. The molecule has 3 rings (SSSR count). The number of nitrogens with zero attached hydrogens (tertiary/aromatic N) is 2. The van der Waals surface area contributed by atoms with Gasteiger partial charge in [0.2, 0.25) is 5.95 Å². The van der Waals surface area contributed by atoms with Gasteiger partial charge in [0, 0.05) is 23.8 Å². The molecule has 0 atom stereocenters. The molecule has 0 saturated carbocycles. The summed E-state index contributed by atoms with van der Waals surface area (Å²) in [5, 5.41) is 6.07. The average Bonchev–Trinajstić information content (AvgIpc) is 2.66. The Kier molecular flexibility index (Phi) is 6.12. The summed E-state index contributed by atoms with van der Waals surface area (Å²) in [5.74, 6) is 0.946. The molecule has 2 aromatic carbocycles. The molecule has 1 aromatic heterocycles. The molecular weight excluding hydrogens is 364 g/mol. The standard InChI is InChI=1S/C23H26N4O2/c1-14(2)29-20-8-6-19(7-9-20)26-22(28)18-12-24-23(25-13-18)27-21-16(4)10-15(3)11-17(21)5/h6-14H,1-5H3,(H,26,28)(H,24,25,27). The van der Waals surface area contributed by atoms with E-state index >= 15 is 0 Å². The number of nitrogens with one attached hydrogen (secondary N) is 2. The maximum Gasteiger partial charge on any atom is 0.258 e. The number of ether oxygens (including phenoxy) is 1. The van der Waals surface area contributed by atoms with Crippen LogP contribution in [0.25, 0.3) is 0 Å². The van der Waals surface area contributed by atoms with E-state index in [0.717, 1.165) is 22.6 Å². The third-order valence-electron chi connectivity index (χ3n) is 4.31. The third-order valence-corrected chi connectivity index (χ3v) is 4.31. The van der Waals surface area contributed by atoms with Gasteiger partial charge in [-0.1, -0.05) is 17.7 Å². The SMILES string of the molecule is Cc1cc(C)c(Nc2ncc(C(=O)Nc3ccc(OC(C)C)cc3)cn2)c(C)c1. The Bertz CT molecular complexity index is 973. The highest BCUT2D eigenvalue weighted by molar-refractivity contribution is 6.03. The van der Waals surface area contributed by atoms with E-state index in [1.54, 1.807) is 12.1 Å². The van der Waals surface area contributed by atoms with Crippen LogP contribution in [0, 0.1) is 20.8 Å². The van der Waals surface area contributed by atoms with E-state index < -0.39 is 0 Å². The number of anilines is 3. The second kappa shape index (κ2) is 8.73. The Morgan fingerprint density at radius 2 is 1.55 bits per heavy atom. The predicted molar refractivity (Wildman–Crippen MR) is 116 cm³/mol. The highest BCUT2D eigenvalue weighted by Gasteiger charge is 2.10. The molecule has 0 fully saturated rings. The molecule has 0 radical (unpaired) electrons. The lowest BCUT2D eigenvalue weighted by molar-refractivity contribution is 0.102. The van der Waals surface area contributed by atoms with Crippen LogP contribution in [-0.2, 0) is 0 Å². The van der Waals surface area contributed by atoms with Gasteiger partial charge in [0.15, 0.2) is 0 Å². The lowest BCUT2D eigenvalue weighted by atomic mass is 10.1. The van der Waals surface area contributed by atoms with Crippen molar-refractivity contribution in [3.8, 4) is 5.75 Å². The largest absolute Gasteiger partial charge is 0.491 e. The van der Waals surface area contributed by atoms with E-state index in [4.69, 9.17) is 4.74 Å². The lowest BCUT2D eigenvalue weighted by Gasteiger charge is -2.13. The molecule has 0 unspecified atom stereocenters. The van der Waals surface area contributed by atoms with Crippen molar-refractivity contribution in [2.75, 3.05) is 10.6 Å². The van der Waals surface area contributed by atoms with Gasteiger partial charge >= 0.3 is 0 Å². The third kappa shape index (κ3) is 5.31. The quantitative estimate of drug-likeness (QED) is 0.606. The number of aromatic nitrogens is 2. The molecule has 0 spiro atoms. The van der Waals surface area contributed by atoms with Crippen LogP contribution in [0.2, 0.25) is 0 Å². The minimum atomic E-state index is -0.267. The van der Waals surface area contributed by atoms with Gasteiger partial charge in [-0.2, -0.15) is 0 Å². The number of hydrogen-bond donors (Lipinski definition) is 2. The minimum absolute atomic E-state index is 0.104. The van der Waals surface area contributed by atoms with Gasteiger partial charge in [0.05, 0.1) is 11.7 Å². The zero-order valence-corrected chi connectivity index (χ0v) is 17.4. The van der Waals surface area contributed by atoms with Crippen molar-refractivity contribution >= 4 is 23.2 Å². The molecule has 0 aliphatic carbocycles. The van der Waals surface area contributed by atoms with E-state index in [9.17, 15) is 4.79 Å². The first-order chi connectivity index (χ1) is 13.8. The molecule has 2 N–H and O–H groups in total. The van der Waals surface area contributed by atoms with E-state index in [2.05, 4.69) is 39.7 Å². The van der Waals surface area contributed by atoms with Crippen molar-refractivity contribution in [3.05, 3.63) is 71.0 Å². The highest BCUT2D eigenvalue weighted by atomic mass is 16.5. The van der Waals surface area contributed by atoms with Crippen molar-refractivity contribution in [2.24, 2.45) is 0 Å². The predicted octanol–water partition coefficient (Wildman–Crippen LogP) is 5.18. The number of aryl methyl sites for hydroxylation is 3. The number of carbonyl (C=O) groups excluding carboxylic acids is 1. The van der Waals surface area contributed by atoms with Crippen LogP contribution in [0.15, 0.2) is 48.8 Å². The second-order valence-electron chi connectivity index (χ2n) is 7.34. The van der Waals surface area contributed by atoms with Crippen LogP contribution in [-0.4, -0.2) is 22.0 Å². The smallest absolute Gasteiger partial charge is 0.258 e. The van der Waals surface area contributed by atoms with Crippen molar-refractivity contribution < 1.29 is 9.53 Å². The Morgan fingerprint density at radius 3 is 2.10 bits per heavy atom. The molecule has 1 amide bonds. The molecule has 1 heterocycles. The maximum atomic E-state index is 12.4.